The summed E-state index contributed by atoms with van der Waals surface area (Å²) < 4.78 is 33.2. The summed E-state index contributed by atoms with van der Waals surface area (Å²) in [6, 6.07) is 0. The van der Waals surface area contributed by atoms with Crippen molar-refractivity contribution in [2.24, 2.45) is 0 Å². The smallest absolute Gasteiger partial charge is 0.462 e. The molecule has 0 heterocycles. The second kappa shape index (κ2) is 29.7. The van der Waals surface area contributed by atoms with Crippen LogP contribution < -0.4 is 0 Å². The molecular formula is C38H69O13P. The zero-order valence-corrected chi connectivity index (χ0v) is 32.5. The van der Waals surface area contributed by atoms with Gasteiger partial charge in [-0.1, -0.05) is 115 Å². The molecule has 1 aliphatic carbocycles. The molecule has 0 aromatic heterocycles. The van der Waals surface area contributed by atoms with E-state index in [4.69, 9.17) is 18.5 Å². The normalized spacial score (nSPS) is 23.9. The zero-order chi connectivity index (χ0) is 38.6. The van der Waals surface area contributed by atoms with Crippen LogP contribution in [-0.4, -0.2) is 98.3 Å². The first-order chi connectivity index (χ1) is 24.9. The number of hydrogen-bond donors (Lipinski definition) is 6. The number of unbranched alkanes of at least 4 members (excludes halogenated alkanes) is 15. The van der Waals surface area contributed by atoms with E-state index in [2.05, 4.69) is 38.2 Å². The predicted molar refractivity (Wildman–Crippen MR) is 198 cm³/mol. The molecule has 13 nitrogen and oxygen atoms in total. The van der Waals surface area contributed by atoms with Crippen molar-refractivity contribution in [3.8, 4) is 0 Å². The molecule has 1 saturated carbocycles. The summed E-state index contributed by atoms with van der Waals surface area (Å²) in [5.41, 5.74) is 0. The molecule has 6 N–H and O–H groups in total. The maximum Gasteiger partial charge on any atom is 0.472 e. The van der Waals surface area contributed by atoms with Crippen molar-refractivity contribution < 1.29 is 63.1 Å². The zero-order valence-electron chi connectivity index (χ0n) is 31.6. The van der Waals surface area contributed by atoms with Crippen molar-refractivity contribution in [3.63, 3.8) is 0 Å². The van der Waals surface area contributed by atoms with Gasteiger partial charge >= 0.3 is 19.8 Å². The number of allylic oxidation sites excluding steroid dienone is 4. The Balaban J connectivity index is 2.56. The third-order valence-corrected chi connectivity index (χ3v) is 10.0. The van der Waals surface area contributed by atoms with Crippen LogP contribution in [0.5, 0.6) is 0 Å². The van der Waals surface area contributed by atoms with Crippen LogP contribution in [-0.2, 0) is 32.7 Å². The first-order valence-corrected chi connectivity index (χ1v) is 21.1. The van der Waals surface area contributed by atoms with Gasteiger partial charge in [0.15, 0.2) is 6.10 Å². The Morgan fingerprint density at radius 1 is 0.596 bits per heavy atom. The number of phosphoric acid groups is 1. The maximum atomic E-state index is 12.7. The van der Waals surface area contributed by atoms with Gasteiger partial charge in [0.2, 0.25) is 0 Å². The molecule has 304 valence electrons. The molecule has 0 spiro atoms. The summed E-state index contributed by atoms with van der Waals surface area (Å²) in [6.07, 6.45) is 15.6. The van der Waals surface area contributed by atoms with Crippen molar-refractivity contribution in [2.45, 2.75) is 191 Å². The second-order valence-electron chi connectivity index (χ2n) is 13.8. The first-order valence-electron chi connectivity index (χ1n) is 19.6. The number of phosphoric ester groups is 1. The number of ether oxygens (including phenoxy) is 2. The lowest BCUT2D eigenvalue weighted by Crippen LogP contribution is -2.64. The molecule has 0 aromatic rings. The fourth-order valence-corrected chi connectivity index (χ4v) is 6.76. The van der Waals surface area contributed by atoms with Crippen LogP contribution in [0.1, 0.15) is 149 Å². The number of carbonyl (C=O) groups excluding carboxylic acids is 2. The van der Waals surface area contributed by atoms with Gasteiger partial charge in [0.1, 0.15) is 43.2 Å². The lowest BCUT2D eigenvalue weighted by Gasteiger charge is -2.41. The van der Waals surface area contributed by atoms with E-state index < -0.39 is 75.7 Å². The van der Waals surface area contributed by atoms with Crippen LogP contribution in [0, 0.1) is 0 Å². The van der Waals surface area contributed by atoms with Crippen molar-refractivity contribution in [3.05, 3.63) is 24.3 Å². The minimum Gasteiger partial charge on any atom is -0.462 e. The number of aliphatic hydroxyl groups is 5. The Bertz CT molecular complexity index is 1020. The van der Waals surface area contributed by atoms with E-state index >= 15 is 0 Å². The van der Waals surface area contributed by atoms with E-state index in [9.17, 15) is 44.6 Å². The largest absolute Gasteiger partial charge is 0.472 e. The molecule has 1 rings (SSSR count). The lowest BCUT2D eigenvalue weighted by atomic mass is 9.85. The van der Waals surface area contributed by atoms with Crippen LogP contribution >= 0.6 is 7.82 Å². The van der Waals surface area contributed by atoms with Crippen molar-refractivity contribution in [1.82, 2.24) is 0 Å². The van der Waals surface area contributed by atoms with E-state index in [1.54, 1.807) is 0 Å². The van der Waals surface area contributed by atoms with Crippen molar-refractivity contribution in [2.75, 3.05) is 13.2 Å². The highest BCUT2D eigenvalue weighted by Gasteiger charge is 2.51. The number of rotatable bonds is 31. The molecule has 8 atom stereocenters. The molecule has 0 bridgehead atoms. The lowest BCUT2D eigenvalue weighted by molar-refractivity contribution is -0.220. The van der Waals surface area contributed by atoms with Crippen molar-refractivity contribution in [1.29, 1.82) is 0 Å². The van der Waals surface area contributed by atoms with E-state index in [0.717, 1.165) is 44.9 Å². The van der Waals surface area contributed by atoms with Crippen LogP contribution in [0.3, 0.4) is 0 Å². The maximum absolute atomic E-state index is 12.7. The molecule has 52 heavy (non-hydrogen) atoms. The van der Waals surface area contributed by atoms with Gasteiger partial charge < -0.3 is 39.9 Å². The Hall–Kier alpha value is -1.67. The molecule has 6 unspecified atom stereocenters. The third-order valence-electron chi connectivity index (χ3n) is 9.05. The Morgan fingerprint density at radius 2 is 1.04 bits per heavy atom. The molecule has 1 aliphatic rings. The minimum absolute atomic E-state index is 0.0561. The Morgan fingerprint density at radius 3 is 1.60 bits per heavy atom. The van der Waals surface area contributed by atoms with E-state index in [1.807, 2.05) is 0 Å². The quantitative estimate of drug-likeness (QED) is 0.0204. The van der Waals surface area contributed by atoms with Gasteiger partial charge in [-0.2, -0.15) is 0 Å². The summed E-state index contributed by atoms with van der Waals surface area (Å²) in [5.74, 6) is -1.14. The van der Waals surface area contributed by atoms with E-state index in [0.29, 0.717) is 12.8 Å². The highest BCUT2D eigenvalue weighted by atomic mass is 31.2. The average Bonchev–Trinajstić information content (AvgIpc) is 3.12. The third kappa shape index (κ3) is 22.5. The minimum atomic E-state index is -5.11. The van der Waals surface area contributed by atoms with Gasteiger partial charge in [-0.15, -0.1) is 0 Å². The Labute approximate surface area is 311 Å². The summed E-state index contributed by atoms with van der Waals surface area (Å²) in [6.45, 7) is 3.19. The van der Waals surface area contributed by atoms with Gasteiger partial charge in [-0.3, -0.25) is 18.6 Å². The summed E-state index contributed by atoms with van der Waals surface area (Å²) >= 11 is 0. The first kappa shape index (κ1) is 48.3. The van der Waals surface area contributed by atoms with Gasteiger partial charge in [0, 0.05) is 12.8 Å². The average molecular weight is 765 g/mol. The van der Waals surface area contributed by atoms with Crippen LogP contribution in [0.4, 0.5) is 0 Å². The van der Waals surface area contributed by atoms with E-state index in [-0.39, 0.29) is 12.8 Å². The predicted octanol–water partition coefficient (Wildman–Crippen LogP) is 6.11. The Kier molecular flexibility index (Phi) is 27.6. The second-order valence-corrected chi connectivity index (χ2v) is 15.2. The number of hydrogen-bond acceptors (Lipinski definition) is 12. The molecule has 0 radical (unpaired) electrons. The number of esters is 2. The molecular weight excluding hydrogens is 695 g/mol. The van der Waals surface area contributed by atoms with Gasteiger partial charge in [0.05, 0.1) is 6.61 Å². The highest BCUT2D eigenvalue weighted by molar-refractivity contribution is 7.47. The SMILES string of the molecule is CCCCCCCC/C=C/C/C=C/CCCCC(=O)O[C@H](COC(=O)CCCCCCCCCC)COP(=O)(O)OC1C(O)C(O)C(O)[C@@H](O)C1O. The molecule has 0 amide bonds. The molecule has 1 fully saturated rings. The van der Waals surface area contributed by atoms with Crippen LogP contribution in [0.15, 0.2) is 24.3 Å². The topological polar surface area (TPSA) is 210 Å². The van der Waals surface area contributed by atoms with Crippen LogP contribution in [0.25, 0.3) is 0 Å². The fourth-order valence-electron chi connectivity index (χ4n) is 5.79. The molecule has 0 aromatic carbocycles. The van der Waals surface area contributed by atoms with Crippen molar-refractivity contribution >= 4 is 19.8 Å². The van der Waals surface area contributed by atoms with Gasteiger partial charge in [0.25, 0.3) is 0 Å². The van der Waals surface area contributed by atoms with Crippen LogP contribution in [0.2, 0.25) is 0 Å². The highest BCUT2D eigenvalue weighted by Crippen LogP contribution is 2.47. The van der Waals surface area contributed by atoms with Gasteiger partial charge in [-0.25, -0.2) is 4.57 Å². The monoisotopic (exact) mass is 764 g/mol. The standard InChI is InChI=1S/C38H69O13P/c1-3-5-7-9-11-13-14-15-16-17-18-19-21-23-25-27-32(40)50-30(28-48-31(39)26-24-22-20-12-10-8-6-4-2)29-49-52(46,47)51-38-36(44)34(42)33(41)35(43)37(38)45/h15-16,18-19,30,33-38,41-45H,3-14,17,20-29H2,1-2H3,(H,46,47)/b16-15+,19-18+/t30-,33?,34-,35?,36?,37?,38?/m1/s1. The molecule has 0 aliphatic heterocycles. The van der Waals surface area contributed by atoms with Gasteiger partial charge in [-0.05, 0) is 44.9 Å². The molecule has 14 heteroatoms. The number of carbonyl (C=O) groups is 2. The fraction of sp³-hybridized carbons (Fsp3) is 0.842. The number of aliphatic hydroxyl groups excluding tert-OH is 5. The molecule has 0 saturated heterocycles. The summed E-state index contributed by atoms with van der Waals surface area (Å²) in [5, 5.41) is 49.9. The van der Waals surface area contributed by atoms with E-state index in [1.165, 1.54) is 64.2 Å². The summed E-state index contributed by atoms with van der Waals surface area (Å²) in [7, 11) is -5.11. The summed E-state index contributed by atoms with van der Waals surface area (Å²) in [4.78, 5) is 35.3.